The fourth-order valence-corrected chi connectivity index (χ4v) is 3.84. The van der Waals surface area contributed by atoms with Crippen LogP contribution in [-0.4, -0.2) is 58.5 Å². The maximum absolute atomic E-state index is 14.7. The Bertz CT molecular complexity index is 1130. The molecule has 1 aromatic carbocycles. The van der Waals surface area contributed by atoms with Gasteiger partial charge in [0.25, 0.3) is 0 Å². The average molecular weight is 470 g/mol. The minimum Gasteiger partial charge on any atom is -0.483 e. The lowest BCUT2D eigenvalue weighted by Crippen LogP contribution is -2.55. The van der Waals surface area contributed by atoms with Gasteiger partial charge in [0.1, 0.15) is 17.6 Å². The zero-order chi connectivity index (χ0) is 24.3. The van der Waals surface area contributed by atoms with E-state index in [1.807, 2.05) is 6.07 Å². The summed E-state index contributed by atoms with van der Waals surface area (Å²) in [5.74, 6) is -3.46. The third-order valence-electron chi connectivity index (χ3n) is 5.87. The van der Waals surface area contributed by atoms with Crippen LogP contribution in [0, 0.1) is 17.2 Å². The van der Waals surface area contributed by atoms with E-state index in [-0.39, 0.29) is 42.5 Å². The highest BCUT2D eigenvalue weighted by Gasteiger charge is 2.47. The number of benzene rings is 1. The molecule has 2 amide bonds. The van der Waals surface area contributed by atoms with Gasteiger partial charge in [0, 0.05) is 31.5 Å². The summed E-state index contributed by atoms with van der Waals surface area (Å²) >= 11 is 0. The number of carbonyl (C=O) groups is 2. The number of piperidine rings is 1. The van der Waals surface area contributed by atoms with Crippen LogP contribution in [0.25, 0.3) is 11.1 Å². The average Bonchev–Trinajstić information content (AvgIpc) is 3.66. The summed E-state index contributed by atoms with van der Waals surface area (Å²) in [4.78, 5) is 29.0. The second-order valence-electron chi connectivity index (χ2n) is 8.46. The van der Waals surface area contributed by atoms with E-state index in [1.165, 1.54) is 12.1 Å². The fraction of sp³-hybridized carbons (Fsp3) is 0.417. The van der Waals surface area contributed by atoms with Crippen molar-refractivity contribution in [3.63, 3.8) is 0 Å². The van der Waals surface area contributed by atoms with Crippen LogP contribution in [0.15, 0.2) is 36.5 Å². The Morgan fingerprint density at radius 3 is 2.68 bits per heavy atom. The highest BCUT2D eigenvalue weighted by Crippen LogP contribution is 2.34. The number of hydrogen-bond donors (Lipinski definition) is 2. The molecule has 1 aliphatic carbocycles. The SMILES string of the molecule is N#Cc1cc(-c2ccnc(NC(=O)C3CC3)c2)ccc1OC1CCN(C(=O)CCO)CC1(F)F. The Hall–Kier alpha value is -3.58. The highest BCUT2D eigenvalue weighted by molar-refractivity contribution is 5.93. The number of halogens is 2. The molecule has 2 aliphatic rings. The Kier molecular flexibility index (Phi) is 6.75. The lowest BCUT2D eigenvalue weighted by atomic mass is 10.0. The molecule has 2 aromatic rings. The summed E-state index contributed by atoms with van der Waals surface area (Å²) in [5, 5.41) is 21.2. The first-order valence-electron chi connectivity index (χ1n) is 11.1. The number of aliphatic hydroxyl groups is 1. The van der Waals surface area contributed by atoms with Gasteiger partial charge < -0.3 is 20.1 Å². The summed E-state index contributed by atoms with van der Waals surface area (Å²) in [6, 6.07) is 10.0. The predicted octanol–water partition coefficient (Wildman–Crippen LogP) is 2.97. The van der Waals surface area contributed by atoms with Gasteiger partial charge in [0.05, 0.1) is 18.7 Å². The Labute approximate surface area is 195 Å². The molecule has 10 heteroatoms. The third kappa shape index (κ3) is 5.31. The first-order valence-corrected chi connectivity index (χ1v) is 11.1. The molecule has 2 N–H and O–H groups in total. The molecule has 8 nitrogen and oxygen atoms in total. The van der Waals surface area contributed by atoms with E-state index >= 15 is 0 Å². The zero-order valence-corrected chi connectivity index (χ0v) is 18.3. The lowest BCUT2D eigenvalue weighted by molar-refractivity contribution is -0.160. The molecule has 1 saturated heterocycles. The van der Waals surface area contributed by atoms with Gasteiger partial charge >= 0.3 is 5.92 Å². The maximum Gasteiger partial charge on any atom is 0.301 e. The van der Waals surface area contributed by atoms with E-state index < -0.39 is 31.1 Å². The van der Waals surface area contributed by atoms with Gasteiger partial charge in [-0.2, -0.15) is 5.26 Å². The van der Waals surface area contributed by atoms with E-state index in [1.54, 1.807) is 24.4 Å². The van der Waals surface area contributed by atoms with E-state index in [9.17, 15) is 23.6 Å². The number of alkyl halides is 2. The van der Waals surface area contributed by atoms with Crippen molar-refractivity contribution in [1.82, 2.24) is 9.88 Å². The number of likely N-dealkylation sites (tertiary alicyclic amines) is 1. The van der Waals surface area contributed by atoms with Gasteiger partial charge in [-0.3, -0.25) is 9.59 Å². The second-order valence-corrected chi connectivity index (χ2v) is 8.46. The molecule has 4 rings (SSSR count). The number of nitrogens with zero attached hydrogens (tertiary/aromatic N) is 3. The topological polar surface area (TPSA) is 116 Å². The molecule has 1 saturated carbocycles. The van der Waals surface area contributed by atoms with Gasteiger partial charge in [-0.25, -0.2) is 13.8 Å². The van der Waals surface area contributed by atoms with Gasteiger partial charge in [0.2, 0.25) is 11.8 Å². The third-order valence-corrected chi connectivity index (χ3v) is 5.87. The Morgan fingerprint density at radius 1 is 1.24 bits per heavy atom. The standard InChI is InChI=1S/C24H24F2N4O4/c25-24(26)14-30(22(32)7-10-31)9-6-20(24)34-19-4-3-16(11-18(19)13-27)17-5-8-28-21(12-17)29-23(33)15-1-2-15/h3-5,8,11-12,15,20,31H,1-2,6-7,9-10,14H2,(H,28,29,33). The summed E-state index contributed by atoms with van der Waals surface area (Å²) in [6.07, 6.45) is 1.48. The fourth-order valence-electron chi connectivity index (χ4n) is 3.84. The zero-order valence-electron chi connectivity index (χ0n) is 18.3. The lowest BCUT2D eigenvalue weighted by Gasteiger charge is -2.38. The quantitative estimate of drug-likeness (QED) is 0.643. The van der Waals surface area contributed by atoms with Gasteiger partial charge in [0.15, 0.2) is 6.10 Å². The van der Waals surface area contributed by atoms with Crippen LogP contribution < -0.4 is 10.1 Å². The summed E-state index contributed by atoms with van der Waals surface area (Å²) in [5.41, 5.74) is 1.43. The minimum absolute atomic E-state index is 0.0300. The van der Waals surface area contributed by atoms with Gasteiger partial charge in [-0.05, 0) is 48.2 Å². The number of nitrogens with one attached hydrogen (secondary N) is 1. The summed E-state index contributed by atoms with van der Waals surface area (Å²) in [7, 11) is 0. The van der Waals surface area contributed by atoms with Crippen molar-refractivity contribution in [2.75, 3.05) is 25.0 Å². The molecule has 1 atom stereocenters. The number of amides is 2. The number of pyridine rings is 1. The van der Waals surface area contributed by atoms with Crippen LogP contribution in [0.4, 0.5) is 14.6 Å². The number of rotatable bonds is 7. The van der Waals surface area contributed by atoms with Crippen LogP contribution in [0.5, 0.6) is 5.75 Å². The molecule has 1 aliphatic heterocycles. The molecule has 2 heterocycles. The van der Waals surface area contributed by atoms with Crippen LogP contribution in [-0.2, 0) is 9.59 Å². The van der Waals surface area contributed by atoms with Crippen LogP contribution >= 0.6 is 0 Å². The number of aromatic nitrogens is 1. The molecule has 1 aromatic heterocycles. The summed E-state index contributed by atoms with van der Waals surface area (Å²) in [6.45, 7) is -1.13. The number of aliphatic hydroxyl groups excluding tert-OH is 1. The Morgan fingerprint density at radius 2 is 2.00 bits per heavy atom. The number of hydrogen-bond acceptors (Lipinski definition) is 6. The Balaban J connectivity index is 1.48. The van der Waals surface area contributed by atoms with Crippen molar-refractivity contribution in [3.8, 4) is 22.9 Å². The van der Waals surface area contributed by atoms with Crippen molar-refractivity contribution in [3.05, 3.63) is 42.1 Å². The van der Waals surface area contributed by atoms with Crippen LogP contribution in [0.1, 0.15) is 31.2 Å². The molecule has 34 heavy (non-hydrogen) atoms. The van der Waals surface area contributed by atoms with Crippen molar-refractivity contribution in [1.29, 1.82) is 5.26 Å². The molecule has 1 unspecified atom stereocenters. The molecule has 178 valence electrons. The summed E-state index contributed by atoms with van der Waals surface area (Å²) < 4.78 is 34.9. The van der Waals surface area contributed by atoms with Crippen molar-refractivity contribution in [2.45, 2.75) is 37.7 Å². The van der Waals surface area contributed by atoms with Gasteiger partial charge in [-0.15, -0.1) is 0 Å². The van der Waals surface area contributed by atoms with E-state index in [0.717, 1.165) is 17.7 Å². The van der Waals surface area contributed by atoms with Crippen molar-refractivity contribution in [2.24, 2.45) is 5.92 Å². The number of ether oxygens (including phenoxy) is 1. The number of anilines is 1. The van der Waals surface area contributed by atoms with E-state index in [0.29, 0.717) is 16.9 Å². The minimum atomic E-state index is -3.31. The molecule has 0 bridgehead atoms. The maximum atomic E-state index is 14.7. The van der Waals surface area contributed by atoms with Crippen LogP contribution in [0.3, 0.4) is 0 Å². The monoisotopic (exact) mass is 470 g/mol. The smallest absolute Gasteiger partial charge is 0.301 e. The number of carbonyl (C=O) groups excluding carboxylic acids is 2. The van der Waals surface area contributed by atoms with E-state index in [2.05, 4.69) is 10.3 Å². The molecular weight excluding hydrogens is 446 g/mol. The van der Waals surface area contributed by atoms with Crippen LogP contribution in [0.2, 0.25) is 0 Å². The molecule has 0 radical (unpaired) electrons. The second kappa shape index (κ2) is 9.73. The highest BCUT2D eigenvalue weighted by atomic mass is 19.3. The normalized spacial score (nSPS) is 19.2. The van der Waals surface area contributed by atoms with Gasteiger partial charge in [-0.1, -0.05) is 6.07 Å². The van der Waals surface area contributed by atoms with E-state index in [4.69, 9.17) is 9.84 Å². The van der Waals surface area contributed by atoms with Crippen molar-refractivity contribution >= 4 is 17.6 Å². The molecular formula is C24H24F2N4O4. The largest absolute Gasteiger partial charge is 0.483 e. The van der Waals surface area contributed by atoms with Crippen molar-refractivity contribution < 1.29 is 28.2 Å². The first kappa shape index (κ1) is 23.6. The molecule has 2 fully saturated rings. The first-order chi connectivity index (χ1) is 16.3. The predicted molar refractivity (Wildman–Crippen MR) is 118 cm³/mol. The number of nitriles is 1. The molecule has 0 spiro atoms.